The number of hydrogen-bond donors (Lipinski definition) is 1. The summed E-state index contributed by atoms with van der Waals surface area (Å²) in [5.41, 5.74) is 0.415. The maximum Gasteiger partial charge on any atom is 0.265 e. The van der Waals surface area contributed by atoms with Crippen LogP contribution in [0.1, 0.15) is 0 Å². The lowest BCUT2D eigenvalue weighted by Crippen LogP contribution is -2.14. The van der Waals surface area contributed by atoms with Crippen molar-refractivity contribution < 1.29 is 17.9 Å². The number of ether oxygens (including phenoxy) is 2. The first kappa shape index (κ1) is 15.5. The average Bonchev–Trinajstić information content (AvgIpc) is 2.47. The molecule has 0 radical (unpaired) electrons. The second kappa shape index (κ2) is 6.24. The molecule has 1 N–H and O–H groups in total. The van der Waals surface area contributed by atoms with Gasteiger partial charge in [-0.15, -0.1) is 0 Å². The first-order valence-electron chi connectivity index (χ1n) is 5.96. The third kappa shape index (κ3) is 3.59. The van der Waals surface area contributed by atoms with Gasteiger partial charge in [0.15, 0.2) is 0 Å². The van der Waals surface area contributed by atoms with Gasteiger partial charge in [-0.1, -0.05) is 11.6 Å². The summed E-state index contributed by atoms with van der Waals surface area (Å²) in [5.74, 6) is 0.860. The first-order valence-corrected chi connectivity index (χ1v) is 7.83. The summed E-state index contributed by atoms with van der Waals surface area (Å²) in [7, 11) is -0.862. The van der Waals surface area contributed by atoms with Crippen LogP contribution in [-0.2, 0) is 10.0 Å². The van der Waals surface area contributed by atoms with Crippen molar-refractivity contribution in [2.75, 3.05) is 18.9 Å². The minimum absolute atomic E-state index is 0.0201. The molecule has 0 spiro atoms. The zero-order valence-electron chi connectivity index (χ0n) is 11.5. The third-order valence-electron chi connectivity index (χ3n) is 2.76. The lowest BCUT2D eigenvalue weighted by molar-refractivity contribution is 0.403. The molecule has 0 saturated heterocycles. The van der Waals surface area contributed by atoms with Gasteiger partial charge in [0.2, 0.25) is 0 Å². The number of halogens is 1. The molecule has 0 saturated carbocycles. The molecule has 0 aromatic heterocycles. The van der Waals surface area contributed by atoms with Crippen LogP contribution < -0.4 is 14.2 Å². The maximum absolute atomic E-state index is 12.4. The van der Waals surface area contributed by atoms with Crippen molar-refractivity contribution in [3.63, 3.8) is 0 Å². The van der Waals surface area contributed by atoms with E-state index in [1.54, 1.807) is 30.3 Å². The summed E-state index contributed by atoms with van der Waals surface area (Å²) < 4.78 is 37.4. The van der Waals surface area contributed by atoms with E-state index in [-0.39, 0.29) is 10.6 Å². The summed E-state index contributed by atoms with van der Waals surface area (Å²) in [6.45, 7) is 0. The Bertz CT molecular complexity index is 729. The summed E-state index contributed by atoms with van der Waals surface area (Å²) in [5, 5.41) is 0.311. The van der Waals surface area contributed by atoms with Crippen molar-refractivity contribution >= 4 is 27.3 Å². The van der Waals surface area contributed by atoms with Gasteiger partial charge in [0.05, 0.1) is 14.2 Å². The molecule has 21 heavy (non-hydrogen) atoms. The Balaban J connectivity index is 2.35. The highest BCUT2D eigenvalue weighted by molar-refractivity contribution is 7.92. The Labute approximate surface area is 128 Å². The summed E-state index contributed by atoms with van der Waals surface area (Å²) in [4.78, 5) is -0.0201. The molecule has 5 nitrogen and oxygen atoms in total. The van der Waals surface area contributed by atoms with Crippen LogP contribution in [0.25, 0.3) is 0 Å². The Kier molecular flexibility index (Phi) is 4.59. The molecule has 2 aromatic carbocycles. The van der Waals surface area contributed by atoms with Crippen molar-refractivity contribution in [3.05, 3.63) is 47.5 Å². The van der Waals surface area contributed by atoms with Gasteiger partial charge in [0.25, 0.3) is 10.0 Å². The predicted molar refractivity (Wildman–Crippen MR) is 81.8 cm³/mol. The Hall–Kier alpha value is -1.92. The van der Waals surface area contributed by atoms with Gasteiger partial charge >= 0.3 is 0 Å². The minimum atomic E-state index is -3.80. The lowest BCUT2D eigenvalue weighted by Gasteiger charge is -2.12. The van der Waals surface area contributed by atoms with E-state index < -0.39 is 10.0 Å². The lowest BCUT2D eigenvalue weighted by atomic mass is 10.3. The molecule has 0 aliphatic heterocycles. The largest absolute Gasteiger partial charge is 0.497 e. The second-order valence-electron chi connectivity index (χ2n) is 4.13. The van der Waals surface area contributed by atoms with Crippen molar-refractivity contribution in [2.24, 2.45) is 0 Å². The van der Waals surface area contributed by atoms with Gasteiger partial charge in [-0.2, -0.15) is 0 Å². The molecular formula is C14H14ClNO4S. The quantitative estimate of drug-likeness (QED) is 0.916. The number of rotatable bonds is 5. The van der Waals surface area contributed by atoms with Gasteiger partial charge in [-0.25, -0.2) is 8.42 Å². The summed E-state index contributed by atoms with van der Waals surface area (Å²) in [6, 6.07) is 10.9. The zero-order chi connectivity index (χ0) is 15.5. The molecule has 0 aliphatic carbocycles. The maximum atomic E-state index is 12.4. The number of anilines is 1. The molecule has 112 valence electrons. The van der Waals surface area contributed by atoms with E-state index in [9.17, 15) is 8.42 Å². The Morgan fingerprint density at radius 1 is 1.00 bits per heavy atom. The molecule has 0 amide bonds. The fourth-order valence-electron chi connectivity index (χ4n) is 1.73. The Morgan fingerprint density at radius 3 is 2.24 bits per heavy atom. The summed E-state index contributed by atoms with van der Waals surface area (Å²) >= 11 is 5.86. The van der Waals surface area contributed by atoms with E-state index in [0.717, 1.165) is 0 Å². The average molecular weight is 328 g/mol. The number of hydrogen-bond acceptors (Lipinski definition) is 4. The second-order valence-corrected chi connectivity index (χ2v) is 6.22. The van der Waals surface area contributed by atoms with Crippen LogP contribution in [0, 0.1) is 0 Å². The van der Waals surface area contributed by atoms with Gasteiger partial charge < -0.3 is 9.47 Å². The van der Waals surface area contributed by atoms with E-state index in [1.165, 1.54) is 26.4 Å². The molecule has 0 fully saturated rings. The first-order chi connectivity index (χ1) is 9.96. The highest BCUT2D eigenvalue weighted by Crippen LogP contribution is 2.29. The predicted octanol–water partition coefficient (Wildman–Crippen LogP) is 3.16. The molecule has 0 unspecified atom stereocenters. The highest BCUT2D eigenvalue weighted by atomic mass is 35.5. The molecule has 7 heteroatoms. The number of benzene rings is 2. The molecule has 0 heterocycles. The van der Waals surface area contributed by atoms with Crippen molar-refractivity contribution in [1.29, 1.82) is 0 Å². The smallest absolute Gasteiger partial charge is 0.265 e. The third-order valence-corrected chi connectivity index (χ3v) is 4.40. The van der Waals surface area contributed by atoms with Gasteiger partial charge in [0, 0.05) is 10.7 Å². The van der Waals surface area contributed by atoms with E-state index in [2.05, 4.69) is 4.72 Å². The molecule has 0 atom stereocenters. The number of nitrogens with one attached hydrogen (secondary N) is 1. The van der Waals surface area contributed by atoms with Crippen LogP contribution in [0.15, 0.2) is 47.4 Å². The highest BCUT2D eigenvalue weighted by Gasteiger charge is 2.20. The van der Waals surface area contributed by atoms with Gasteiger partial charge in [-0.05, 0) is 42.5 Å². The zero-order valence-corrected chi connectivity index (χ0v) is 13.0. The summed E-state index contributed by atoms with van der Waals surface area (Å²) in [6.07, 6.45) is 0. The number of methoxy groups -OCH3 is 2. The van der Waals surface area contributed by atoms with Crippen LogP contribution >= 0.6 is 11.6 Å². The normalized spacial score (nSPS) is 11.0. The standard InChI is InChI=1S/C14H14ClNO4S/c1-19-12-6-4-11(5-7-12)16-21(17,18)14-9-10(15)3-8-13(14)20-2/h3-9,16H,1-2H3. The molecule has 0 bridgehead atoms. The van der Waals surface area contributed by atoms with E-state index in [4.69, 9.17) is 21.1 Å². The van der Waals surface area contributed by atoms with E-state index in [1.807, 2.05) is 0 Å². The fraction of sp³-hybridized carbons (Fsp3) is 0.143. The van der Waals surface area contributed by atoms with E-state index >= 15 is 0 Å². The van der Waals surface area contributed by atoms with Crippen LogP contribution in [0.4, 0.5) is 5.69 Å². The van der Waals surface area contributed by atoms with Crippen LogP contribution in [-0.4, -0.2) is 22.6 Å². The van der Waals surface area contributed by atoms with Crippen LogP contribution in [0.5, 0.6) is 11.5 Å². The molecular weight excluding hydrogens is 314 g/mol. The molecule has 0 aliphatic rings. The minimum Gasteiger partial charge on any atom is -0.497 e. The van der Waals surface area contributed by atoms with Gasteiger partial charge in [-0.3, -0.25) is 4.72 Å². The van der Waals surface area contributed by atoms with E-state index in [0.29, 0.717) is 16.5 Å². The number of sulfonamides is 1. The fourth-order valence-corrected chi connectivity index (χ4v) is 3.22. The van der Waals surface area contributed by atoms with Crippen molar-refractivity contribution in [3.8, 4) is 11.5 Å². The van der Waals surface area contributed by atoms with Crippen LogP contribution in [0.2, 0.25) is 5.02 Å². The van der Waals surface area contributed by atoms with Gasteiger partial charge in [0.1, 0.15) is 16.4 Å². The monoisotopic (exact) mass is 327 g/mol. The van der Waals surface area contributed by atoms with Crippen LogP contribution in [0.3, 0.4) is 0 Å². The SMILES string of the molecule is COc1ccc(NS(=O)(=O)c2cc(Cl)ccc2OC)cc1. The molecule has 2 rings (SSSR count). The van der Waals surface area contributed by atoms with Crippen molar-refractivity contribution in [2.45, 2.75) is 4.90 Å². The molecule has 2 aromatic rings. The topological polar surface area (TPSA) is 64.6 Å². The Morgan fingerprint density at radius 2 is 1.67 bits per heavy atom. The van der Waals surface area contributed by atoms with Crippen molar-refractivity contribution in [1.82, 2.24) is 0 Å².